The molecule has 6 nitrogen and oxygen atoms in total. The van der Waals surface area contributed by atoms with Crippen molar-refractivity contribution < 1.29 is 9.90 Å². The van der Waals surface area contributed by atoms with E-state index < -0.39 is 0 Å². The number of nitrogens with two attached hydrogens (primary N) is 1. The van der Waals surface area contributed by atoms with Crippen molar-refractivity contribution in [2.75, 3.05) is 12.3 Å². The van der Waals surface area contributed by atoms with Gasteiger partial charge in [0, 0.05) is 18.0 Å². The van der Waals surface area contributed by atoms with Gasteiger partial charge in [-0.05, 0) is 18.4 Å². The molecule has 20 heavy (non-hydrogen) atoms. The van der Waals surface area contributed by atoms with Crippen molar-refractivity contribution in [3.05, 3.63) is 17.1 Å². The van der Waals surface area contributed by atoms with Gasteiger partial charge in [0.2, 0.25) is 0 Å². The van der Waals surface area contributed by atoms with E-state index in [2.05, 4.69) is 15.5 Å². The van der Waals surface area contributed by atoms with Crippen molar-refractivity contribution >= 4 is 33.1 Å². The molecular weight excluding hydrogens is 276 g/mol. The fraction of sp³-hybridized carbons (Fsp3) is 0.462. The first kappa shape index (κ1) is 14.7. The van der Waals surface area contributed by atoms with Crippen LogP contribution in [0, 0.1) is 5.92 Å². The molecule has 0 saturated carbocycles. The van der Waals surface area contributed by atoms with Crippen molar-refractivity contribution in [3.63, 3.8) is 0 Å². The number of aliphatic hydroxyl groups is 1. The van der Waals surface area contributed by atoms with Gasteiger partial charge in [-0.1, -0.05) is 13.8 Å². The molecule has 0 saturated heterocycles. The number of hydrogen-bond donors (Lipinski definition) is 3. The Balaban J connectivity index is 2.24. The molecule has 2 aromatic heterocycles. The van der Waals surface area contributed by atoms with Crippen molar-refractivity contribution in [3.8, 4) is 0 Å². The molecule has 0 aliphatic heterocycles. The molecule has 1 amide bonds. The molecule has 0 spiro atoms. The van der Waals surface area contributed by atoms with Crippen LogP contribution < -0.4 is 11.1 Å². The largest absolute Gasteiger partial charge is 0.397 e. The van der Waals surface area contributed by atoms with Gasteiger partial charge in [0.1, 0.15) is 9.71 Å². The van der Waals surface area contributed by atoms with Crippen molar-refractivity contribution in [1.82, 2.24) is 15.5 Å². The average Bonchev–Trinajstić information content (AvgIpc) is 2.76. The maximum atomic E-state index is 12.3. The van der Waals surface area contributed by atoms with Gasteiger partial charge >= 0.3 is 0 Å². The van der Waals surface area contributed by atoms with Gasteiger partial charge in [-0.15, -0.1) is 16.4 Å². The maximum Gasteiger partial charge on any atom is 0.263 e. The molecule has 2 heterocycles. The minimum Gasteiger partial charge on any atom is -0.397 e. The van der Waals surface area contributed by atoms with Crippen LogP contribution in [0.15, 0.2) is 12.3 Å². The van der Waals surface area contributed by atoms with Crippen LogP contribution in [0.5, 0.6) is 0 Å². The van der Waals surface area contributed by atoms with Crippen LogP contribution >= 0.6 is 11.3 Å². The van der Waals surface area contributed by atoms with Crippen LogP contribution in [0.2, 0.25) is 0 Å². The Labute approximate surface area is 121 Å². The zero-order valence-corrected chi connectivity index (χ0v) is 12.3. The Morgan fingerprint density at radius 2 is 2.30 bits per heavy atom. The number of amides is 1. The summed E-state index contributed by atoms with van der Waals surface area (Å²) in [6.07, 6.45) is 2.07. The van der Waals surface area contributed by atoms with Crippen molar-refractivity contribution in [2.24, 2.45) is 5.92 Å². The molecule has 2 rings (SSSR count). The molecule has 4 N–H and O–H groups in total. The molecule has 0 fully saturated rings. The lowest BCUT2D eigenvalue weighted by molar-refractivity contribution is 0.0921. The van der Waals surface area contributed by atoms with E-state index >= 15 is 0 Å². The van der Waals surface area contributed by atoms with Crippen LogP contribution in [0.4, 0.5) is 5.69 Å². The summed E-state index contributed by atoms with van der Waals surface area (Å²) in [6.45, 7) is 4.04. The smallest absolute Gasteiger partial charge is 0.263 e. The Bertz CT molecular complexity index is 611. The Morgan fingerprint density at radius 3 is 2.90 bits per heavy atom. The van der Waals surface area contributed by atoms with Gasteiger partial charge in [0.25, 0.3) is 5.91 Å². The van der Waals surface area contributed by atoms with E-state index in [1.165, 1.54) is 11.3 Å². The Hall–Kier alpha value is -1.73. The number of aromatic nitrogens is 2. The number of rotatable bonds is 5. The van der Waals surface area contributed by atoms with Crippen molar-refractivity contribution in [2.45, 2.75) is 26.3 Å². The molecule has 0 aromatic carbocycles. The summed E-state index contributed by atoms with van der Waals surface area (Å²) in [6, 6.07) is 1.67. The lowest BCUT2D eigenvalue weighted by Crippen LogP contribution is -2.39. The molecular formula is C13H18N4O2S. The molecule has 0 aliphatic carbocycles. The number of hydrogen-bond acceptors (Lipinski definition) is 6. The van der Waals surface area contributed by atoms with Gasteiger partial charge < -0.3 is 16.2 Å². The fourth-order valence-electron chi connectivity index (χ4n) is 1.99. The fourth-order valence-corrected chi connectivity index (χ4v) is 2.93. The highest BCUT2D eigenvalue weighted by Crippen LogP contribution is 2.31. The second kappa shape index (κ2) is 6.15. The maximum absolute atomic E-state index is 12.3. The van der Waals surface area contributed by atoms with E-state index in [9.17, 15) is 4.79 Å². The number of thiophene rings is 1. The number of nitrogens with one attached hydrogen (secondary N) is 1. The van der Waals surface area contributed by atoms with E-state index in [1.807, 2.05) is 13.8 Å². The zero-order chi connectivity index (χ0) is 14.7. The summed E-state index contributed by atoms with van der Waals surface area (Å²) < 4.78 is 0. The Morgan fingerprint density at radius 1 is 1.55 bits per heavy atom. The minimum absolute atomic E-state index is 0.0382. The third-order valence-electron chi connectivity index (χ3n) is 3.19. The zero-order valence-electron chi connectivity index (χ0n) is 11.5. The lowest BCUT2D eigenvalue weighted by atomic mass is 10.0. The summed E-state index contributed by atoms with van der Waals surface area (Å²) >= 11 is 1.23. The van der Waals surface area contributed by atoms with Crippen LogP contribution in [0.25, 0.3) is 10.2 Å². The number of anilines is 1. The van der Waals surface area contributed by atoms with Gasteiger partial charge in [0.05, 0.1) is 11.9 Å². The first-order chi connectivity index (χ1) is 9.54. The first-order valence-electron chi connectivity index (χ1n) is 6.46. The quantitative estimate of drug-likeness (QED) is 0.774. The highest BCUT2D eigenvalue weighted by molar-refractivity contribution is 7.21. The topological polar surface area (TPSA) is 101 Å². The second-order valence-corrected chi connectivity index (χ2v) is 5.93. The SMILES string of the molecule is CC(C)C(CCO)NC(=O)c1sc2nnccc2c1N. The summed E-state index contributed by atoms with van der Waals surface area (Å²) in [5, 5.41) is 20.5. The number of fused-ring (bicyclic) bond motifs is 1. The summed E-state index contributed by atoms with van der Waals surface area (Å²) in [5.41, 5.74) is 6.43. The van der Waals surface area contributed by atoms with Gasteiger partial charge in [0.15, 0.2) is 0 Å². The van der Waals surface area contributed by atoms with E-state index in [4.69, 9.17) is 10.8 Å². The van der Waals surface area contributed by atoms with Gasteiger partial charge in [-0.25, -0.2) is 0 Å². The van der Waals surface area contributed by atoms with Gasteiger partial charge in [-0.2, -0.15) is 5.10 Å². The average molecular weight is 294 g/mol. The highest BCUT2D eigenvalue weighted by atomic mass is 32.1. The van der Waals surface area contributed by atoms with E-state index in [1.54, 1.807) is 12.3 Å². The minimum atomic E-state index is -0.224. The van der Waals surface area contributed by atoms with Crippen LogP contribution in [-0.4, -0.2) is 33.9 Å². The third-order valence-corrected chi connectivity index (χ3v) is 4.29. The third kappa shape index (κ3) is 2.88. The molecule has 1 unspecified atom stereocenters. The number of carbonyl (C=O) groups is 1. The first-order valence-corrected chi connectivity index (χ1v) is 7.27. The van der Waals surface area contributed by atoms with Crippen LogP contribution in [0.3, 0.4) is 0 Å². The lowest BCUT2D eigenvalue weighted by Gasteiger charge is -2.21. The molecule has 0 bridgehead atoms. The molecule has 108 valence electrons. The predicted octanol–water partition coefficient (Wildman–Crippen LogP) is 1.41. The molecule has 0 radical (unpaired) electrons. The van der Waals surface area contributed by atoms with E-state index in [-0.39, 0.29) is 24.5 Å². The summed E-state index contributed by atoms with van der Waals surface area (Å²) in [5.74, 6) is 0.0131. The number of nitrogen functional groups attached to an aromatic ring is 1. The van der Waals surface area contributed by atoms with Gasteiger partial charge in [-0.3, -0.25) is 4.79 Å². The van der Waals surface area contributed by atoms with Crippen molar-refractivity contribution in [1.29, 1.82) is 0 Å². The Kier molecular flexibility index (Phi) is 4.51. The molecule has 7 heteroatoms. The molecule has 1 atom stereocenters. The highest BCUT2D eigenvalue weighted by Gasteiger charge is 2.21. The monoisotopic (exact) mass is 294 g/mol. The van der Waals surface area contributed by atoms with E-state index in [0.29, 0.717) is 21.8 Å². The number of carbonyl (C=O) groups excluding carboxylic acids is 1. The summed E-state index contributed by atoms with van der Waals surface area (Å²) in [7, 11) is 0. The van der Waals surface area contributed by atoms with E-state index in [0.717, 1.165) is 5.39 Å². The predicted molar refractivity (Wildman–Crippen MR) is 79.6 cm³/mol. The second-order valence-electron chi connectivity index (χ2n) is 4.93. The van der Waals surface area contributed by atoms with Crippen LogP contribution in [-0.2, 0) is 0 Å². The van der Waals surface area contributed by atoms with Crippen LogP contribution in [0.1, 0.15) is 29.9 Å². The number of aliphatic hydroxyl groups excluding tert-OH is 1. The number of nitrogens with zero attached hydrogens (tertiary/aromatic N) is 2. The normalized spacial score (nSPS) is 12.8. The summed E-state index contributed by atoms with van der Waals surface area (Å²) in [4.78, 5) is 13.4. The standard InChI is InChI=1S/C13H18N4O2S/c1-7(2)9(4-6-18)16-12(19)11-10(14)8-3-5-15-17-13(8)20-11/h3,5,7,9,18H,4,6,14H2,1-2H3,(H,16,19). The molecule has 2 aromatic rings. The molecule has 0 aliphatic rings.